The second-order valence-electron chi connectivity index (χ2n) is 8.71. The summed E-state index contributed by atoms with van der Waals surface area (Å²) in [5.41, 5.74) is 8.02. The molecule has 3 aromatic heterocycles. The first kappa shape index (κ1) is 24.5. The zero-order chi connectivity index (χ0) is 25.9. The van der Waals surface area contributed by atoms with E-state index < -0.39 is 24.4 Å². The fourth-order valence-electron chi connectivity index (χ4n) is 4.32. The van der Waals surface area contributed by atoms with Crippen LogP contribution in [0.25, 0.3) is 11.2 Å². The van der Waals surface area contributed by atoms with Crippen LogP contribution < -0.4 is 11.1 Å². The summed E-state index contributed by atoms with van der Waals surface area (Å²) in [4.78, 5) is 26.6. The molecule has 0 spiro atoms. The standard InChI is InChI=1S/C23H28N10O4/c1-3-33-30-20(29-31-33)16-10-17(36-13(2)35)22(37-16)32-12-25-18-19(24)27-23(28-21(18)32)26-15(11-34)9-14-7-5-4-6-8-14/h4-8,12,15-17,22,34H,3,9-11H2,1-2H3,(H3,24,26,27,28)/t15-,16?,17?,22?/m0/s1. The Labute approximate surface area is 211 Å². The van der Waals surface area contributed by atoms with Gasteiger partial charge in [-0.15, -0.1) is 10.2 Å². The predicted molar refractivity (Wildman–Crippen MR) is 131 cm³/mol. The molecule has 0 saturated carbocycles. The van der Waals surface area contributed by atoms with Crippen LogP contribution in [0.3, 0.4) is 0 Å². The number of carbonyl (C=O) groups excluding carboxylic acids is 1. The van der Waals surface area contributed by atoms with Crippen molar-refractivity contribution in [3.05, 3.63) is 48.0 Å². The molecule has 4 aromatic rings. The zero-order valence-corrected chi connectivity index (χ0v) is 20.4. The second-order valence-corrected chi connectivity index (χ2v) is 8.71. The summed E-state index contributed by atoms with van der Waals surface area (Å²) in [5.74, 6) is 0.341. The third kappa shape index (κ3) is 5.20. The number of nitrogens with two attached hydrogens (primary N) is 1. The van der Waals surface area contributed by atoms with Gasteiger partial charge in [-0.25, -0.2) is 4.98 Å². The largest absolute Gasteiger partial charge is 0.458 e. The van der Waals surface area contributed by atoms with Gasteiger partial charge in [0.2, 0.25) is 11.8 Å². The van der Waals surface area contributed by atoms with Crippen LogP contribution in [0.5, 0.6) is 0 Å². The number of hydrogen-bond acceptors (Lipinski definition) is 12. The van der Waals surface area contributed by atoms with Crippen molar-refractivity contribution in [1.29, 1.82) is 0 Å². The quantitative estimate of drug-likeness (QED) is 0.273. The van der Waals surface area contributed by atoms with Crippen molar-refractivity contribution in [2.75, 3.05) is 17.7 Å². The summed E-state index contributed by atoms with van der Waals surface area (Å²) in [6, 6.07) is 9.43. The fourth-order valence-corrected chi connectivity index (χ4v) is 4.32. The van der Waals surface area contributed by atoms with Gasteiger partial charge in [0.15, 0.2) is 17.7 Å². The summed E-state index contributed by atoms with van der Waals surface area (Å²) in [6.45, 7) is 3.67. The van der Waals surface area contributed by atoms with E-state index >= 15 is 0 Å². The highest BCUT2D eigenvalue weighted by atomic mass is 16.6. The number of hydrogen-bond donors (Lipinski definition) is 3. The molecule has 1 saturated heterocycles. The van der Waals surface area contributed by atoms with Crippen molar-refractivity contribution >= 4 is 28.9 Å². The minimum atomic E-state index is -0.757. The van der Waals surface area contributed by atoms with Crippen LogP contribution in [0.4, 0.5) is 11.8 Å². The molecule has 0 aliphatic carbocycles. The number of nitrogens with zero attached hydrogens (tertiary/aromatic N) is 8. The molecule has 1 aliphatic rings. The number of nitrogens with one attached hydrogen (secondary N) is 1. The lowest BCUT2D eigenvalue weighted by Gasteiger charge is -2.20. The molecule has 0 bridgehead atoms. The highest BCUT2D eigenvalue weighted by Gasteiger charge is 2.42. The maximum atomic E-state index is 11.9. The molecule has 14 heteroatoms. The molecule has 5 rings (SSSR count). The number of benzene rings is 1. The van der Waals surface area contributed by atoms with E-state index in [-0.39, 0.29) is 24.4 Å². The van der Waals surface area contributed by atoms with E-state index in [9.17, 15) is 9.90 Å². The SMILES string of the molecule is CCn1nnc(C2CC(OC(C)=O)C(n3cnc4c(N)nc(N[C@H](CO)Cc5ccccc5)nc43)O2)n1. The van der Waals surface area contributed by atoms with Gasteiger partial charge < -0.3 is 25.6 Å². The Bertz CT molecular complexity index is 1370. The topological polar surface area (TPSA) is 181 Å². The van der Waals surface area contributed by atoms with Gasteiger partial charge in [0.1, 0.15) is 17.7 Å². The first-order valence-corrected chi connectivity index (χ1v) is 12.0. The van der Waals surface area contributed by atoms with E-state index in [1.54, 1.807) is 4.57 Å². The number of ether oxygens (including phenoxy) is 2. The number of fused-ring (bicyclic) bond motifs is 1. The molecule has 1 fully saturated rings. The number of imidazole rings is 1. The van der Waals surface area contributed by atoms with Gasteiger partial charge in [-0.1, -0.05) is 30.3 Å². The molecule has 0 radical (unpaired) electrons. The average Bonchev–Trinajstić information content (AvgIpc) is 3.62. The first-order chi connectivity index (χ1) is 17.9. The molecule has 1 aliphatic heterocycles. The number of anilines is 2. The van der Waals surface area contributed by atoms with Gasteiger partial charge in [0.05, 0.1) is 25.5 Å². The van der Waals surface area contributed by atoms with Crippen LogP contribution in [-0.4, -0.2) is 69.6 Å². The van der Waals surface area contributed by atoms with Crippen LogP contribution in [-0.2, 0) is 27.2 Å². The lowest BCUT2D eigenvalue weighted by Crippen LogP contribution is -2.28. The Morgan fingerprint density at radius 2 is 2.14 bits per heavy atom. The van der Waals surface area contributed by atoms with Gasteiger partial charge in [-0.05, 0) is 24.1 Å². The van der Waals surface area contributed by atoms with E-state index in [0.717, 1.165) is 5.56 Å². The Morgan fingerprint density at radius 3 is 2.84 bits per heavy atom. The van der Waals surface area contributed by atoms with Gasteiger partial charge in [0, 0.05) is 13.3 Å². The third-order valence-electron chi connectivity index (χ3n) is 6.03. The average molecular weight is 509 g/mol. The minimum absolute atomic E-state index is 0.136. The zero-order valence-electron chi connectivity index (χ0n) is 20.4. The van der Waals surface area contributed by atoms with Gasteiger partial charge in [-0.2, -0.15) is 14.8 Å². The number of aliphatic hydroxyl groups is 1. The molecule has 4 heterocycles. The Kier molecular flexibility index (Phi) is 6.92. The number of rotatable bonds is 9. The maximum Gasteiger partial charge on any atom is 0.303 e. The maximum absolute atomic E-state index is 11.9. The van der Waals surface area contributed by atoms with Crippen molar-refractivity contribution in [2.45, 2.75) is 57.7 Å². The predicted octanol–water partition coefficient (Wildman–Crippen LogP) is 1.02. The summed E-state index contributed by atoms with van der Waals surface area (Å²) < 4.78 is 13.5. The number of nitrogen functional groups attached to an aromatic ring is 1. The van der Waals surface area contributed by atoms with E-state index in [1.807, 2.05) is 37.3 Å². The second kappa shape index (κ2) is 10.4. The molecule has 1 aromatic carbocycles. The third-order valence-corrected chi connectivity index (χ3v) is 6.03. The van der Waals surface area contributed by atoms with Gasteiger partial charge in [-0.3, -0.25) is 9.36 Å². The highest BCUT2D eigenvalue weighted by molar-refractivity contribution is 5.83. The van der Waals surface area contributed by atoms with E-state index in [1.165, 1.54) is 18.0 Å². The van der Waals surface area contributed by atoms with Crippen LogP contribution in [0.1, 0.15) is 44.0 Å². The van der Waals surface area contributed by atoms with Gasteiger partial charge in [0.25, 0.3) is 0 Å². The molecule has 3 unspecified atom stereocenters. The molecule has 0 amide bonds. The highest BCUT2D eigenvalue weighted by Crippen LogP contribution is 2.40. The molecule has 4 N–H and O–H groups in total. The van der Waals surface area contributed by atoms with Crippen LogP contribution in [0, 0.1) is 0 Å². The lowest BCUT2D eigenvalue weighted by molar-refractivity contribution is -0.152. The lowest BCUT2D eigenvalue weighted by atomic mass is 10.1. The van der Waals surface area contributed by atoms with E-state index in [4.69, 9.17) is 15.2 Å². The first-order valence-electron chi connectivity index (χ1n) is 12.0. The molecule has 37 heavy (non-hydrogen) atoms. The summed E-state index contributed by atoms with van der Waals surface area (Å²) in [7, 11) is 0. The van der Waals surface area contributed by atoms with Crippen molar-refractivity contribution in [3.63, 3.8) is 0 Å². The van der Waals surface area contributed by atoms with Crippen LogP contribution in [0.2, 0.25) is 0 Å². The van der Waals surface area contributed by atoms with E-state index in [2.05, 4.69) is 35.7 Å². The normalized spacial score (nSPS) is 20.2. The van der Waals surface area contributed by atoms with Crippen LogP contribution >= 0.6 is 0 Å². The number of aromatic nitrogens is 8. The summed E-state index contributed by atoms with van der Waals surface area (Å²) in [5, 5.41) is 25.5. The number of aryl methyl sites for hydroxylation is 1. The molecule has 14 nitrogen and oxygen atoms in total. The number of aliphatic hydroxyl groups excluding tert-OH is 1. The van der Waals surface area contributed by atoms with Gasteiger partial charge >= 0.3 is 5.97 Å². The summed E-state index contributed by atoms with van der Waals surface area (Å²) >= 11 is 0. The fraction of sp³-hybridized carbons (Fsp3) is 0.435. The molecular formula is C23H28N10O4. The van der Waals surface area contributed by atoms with E-state index in [0.29, 0.717) is 36.4 Å². The summed E-state index contributed by atoms with van der Waals surface area (Å²) in [6.07, 6.45) is 0.456. The molecule has 4 atom stereocenters. The van der Waals surface area contributed by atoms with Crippen molar-refractivity contribution in [3.8, 4) is 0 Å². The van der Waals surface area contributed by atoms with Crippen LogP contribution in [0.15, 0.2) is 36.7 Å². The monoisotopic (exact) mass is 508 g/mol. The minimum Gasteiger partial charge on any atom is -0.458 e. The van der Waals surface area contributed by atoms with Crippen molar-refractivity contribution in [1.82, 2.24) is 39.7 Å². The number of tetrazole rings is 1. The smallest absolute Gasteiger partial charge is 0.303 e. The number of carbonyl (C=O) groups is 1. The van der Waals surface area contributed by atoms with Crippen molar-refractivity contribution in [2.24, 2.45) is 0 Å². The Balaban J connectivity index is 1.44. The molecule has 194 valence electrons. The van der Waals surface area contributed by atoms with Crippen molar-refractivity contribution < 1.29 is 19.4 Å². The molecular weight excluding hydrogens is 480 g/mol. The number of esters is 1. The Morgan fingerprint density at radius 1 is 1.32 bits per heavy atom. The Hall–Kier alpha value is -4.17.